The van der Waals surface area contributed by atoms with E-state index in [2.05, 4.69) is 54.7 Å². The van der Waals surface area contributed by atoms with Crippen LogP contribution in [0.2, 0.25) is 0 Å². The minimum Gasteiger partial charge on any atom is -0.486 e. The van der Waals surface area contributed by atoms with Crippen LogP contribution in [-0.4, -0.2) is 60.3 Å². The molecule has 170 valence electrons. The Bertz CT molecular complexity index is 1100. The van der Waals surface area contributed by atoms with Crippen LogP contribution in [0.3, 0.4) is 0 Å². The average Bonchev–Trinajstić information content (AvgIpc) is 2.85. The van der Waals surface area contributed by atoms with Crippen molar-refractivity contribution in [3.05, 3.63) is 66.5 Å². The Kier molecular flexibility index (Phi) is 6.21. The third kappa shape index (κ3) is 5.32. The van der Waals surface area contributed by atoms with Gasteiger partial charge in [-0.1, -0.05) is 30.3 Å². The van der Waals surface area contributed by atoms with Crippen LogP contribution in [0.1, 0.15) is 5.56 Å². The zero-order valence-corrected chi connectivity index (χ0v) is 18.2. The highest BCUT2D eigenvalue weighted by atomic mass is 16.6. The Morgan fingerprint density at radius 3 is 2.48 bits per heavy atom. The number of rotatable bonds is 5. The third-order valence-corrected chi connectivity index (χ3v) is 5.64. The fourth-order valence-corrected chi connectivity index (χ4v) is 3.96. The van der Waals surface area contributed by atoms with E-state index >= 15 is 0 Å². The monoisotopic (exact) mass is 446 g/mol. The number of urea groups is 1. The van der Waals surface area contributed by atoms with Crippen LogP contribution >= 0.6 is 0 Å². The summed E-state index contributed by atoms with van der Waals surface area (Å²) in [6, 6.07) is 17.2. The maximum atomic E-state index is 12.5. The van der Waals surface area contributed by atoms with Gasteiger partial charge in [0, 0.05) is 50.5 Å². The molecule has 5 rings (SSSR count). The smallest absolute Gasteiger partial charge is 0.324 e. The van der Waals surface area contributed by atoms with Crippen LogP contribution in [0.15, 0.2) is 60.9 Å². The lowest BCUT2D eigenvalue weighted by atomic mass is 10.2. The largest absolute Gasteiger partial charge is 0.486 e. The predicted molar refractivity (Wildman–Crippen MR) is 126 cm³/mol. The van der Waals surface area contributed by atoms with E-state index in [1.807, 2.05) is 6.07 Å². The van der Waals surface area contributed by atoms with Crippen LogP contribution in [0.4, 0.5) is 22.1 Å². The van der Waals surface area contributed by atoms with Crippen molar-refractivity contribution >= 4 is 23.4 Å². The van der Waals surface area contributed by atoms with Crippen LogP contribution in [0.25, 0.3) is 0 Å². The molecule has 1 fully saturated rings. The van der Waals surface area contributed by atoms with Gasteiger partial charge in [-0.05, 0) is 17.7 Å². The van der Waals surface area contributed by atoms with E-state index in [0.29, 0.717) is 36.2 Å². The van der Waals surface area contributed by atoms with Gasteiger partial charge >= 0.3 is 6.03 Å². The Morgan fingerprint density at radius 2 is 1.67 bits per heavy atom. The third-order valence-electron chi connectivity index (χ3n) is 5.64. The number of aromatic nitrogens is 2. The van der Waals surface area contributed by atoms with Crippen LogP contribution < -0.4 is 25.0 Å². The van der Waals surface area contributed by atoms with Gasteiger partial charge in [0.1, 0.15) is 31.2 Å². The fraction of sp³-hybridized carbons (Fsp3) is 0.292. The van der Waals surface area contributed by atoms with Crippen LogP contribution in [-0.2, 0) is 6.54 Å². The lowest BCUT2D eigenvalue weighted by Gasteiger charge is -2.35. The molecule has 1 saturated heterocycles. The summed E-state index contributed by atoms with van der Waals surface area (Å²) < 4.78 is 11.1. The highest BCUT2D eigenvalue weighted by molar-refractivity contribution is 5.99. The number of anilines is 3. The Morgan fingerprint density at radius 1 is 0.879 bits per heavy atom. The summed E-state index contributed by atoms with van der Waals surface area (Å²) in [6.07, 6.45) is 1.48. The van der Waals surface area contributed by atoms with Gasteiger partial charge in [-0.25, -0.2) is 14.8 Å². The molecule has 9 heteroatoms. The molecule has 0 radical (unpaired) electrons. The summed E-state index contributed by atoms with van der Waals surface area (Å²) in [6.45, 7) is 5.61. The van der Waals surface area contributed by atoms with Crippen molar-refractivity contribution < 1.29 is 14.3 Å². The molecule has 2 aromatic carbocycles. The normalized spacial score (nSPS) is 15.7. The van der Waals surface area contributed by atoms with Gasteiger partial charge in [0.15, 0.2) is 11.5 Å². The molecule has 0 unspecified atom stereocenters. The number of nitrogens with zero attached hydrogens (tertiary/aromatic N) is 4. The van der Waals surface area contributed by atoms with E-state index in [1.165, 1.54) is 11.9 Å². The molecule has 0 saturated carbocycles. The number of nitrogens with one attached hydrogen (secondary N) is 2. The van der Waals surface area contributed by atoms with Gasteiger partial charge < -0.3 is 19.7 Å². The number of carbonyl (C=O) groups is 1. The van der Waals surface area contributed by atoms with Crippen molar-refractivity contribution in [3.63, 3.8) is 0 Å². The molecule has 2 aliphatic heterocycles. The van der Waals surface area contributed by atoms with E-state index in [-0.39, 0.29) is 6.03 Å². The van der Waals surface area contributed by atoms with Crippen molar-refractivity contribution in [3.8, 4) is 11.5 Å². The summed E-state index contributed by atoms with van der Waals surface area (Å²) >= 11 is 0. The number of carbonyl (C=O) groups excluding carboxylic acids is 1. The Balaban J connectivity index is 1.15. The fourth-order valence-electron chi connectivity index (χ4n) is 3.96. The Labute approximate surface area is 192 Å². The highest BCUT2D eigenvalue weighted by Gasteiger charge is 2.19. The van der Waals surface area contributed by atoms with Crippen molar-refractivity contribution in [1.82, 2.24) is 14.9 Å². The lowest BCUT2D eigenvalue weighted by Crippen LogP contribution is -2.46. The van der Waals surface area contributed by atoms with Gasteiger partial charge in [-0.15, -0.1) is 0 Å². The van der Waals surface area contributed by atoms with Crippen molar-refractivity contribution in [2.24, 2.45) is 0 Å². The molecule has 2 N–H and O–H groups in total. The van der Waals surface area contributed by atoms with E-state index in [4.69, 9.17) is 9.47 Å². The van der Waals surface area contributed by atoms with Crippen molar-refractivity contribution in [2.45, 2.75) is 6.54 Å². The molecule has 3 heterocycles. The number of ether oxygens (including phenoxy) is 2. The maximum absolute atomic E-state index is 12.5. The second-order valence-corrected chi connectivity index (χ2v) is 7.95. The molecular formula is C24H26N6O3. The SMILES string of the molecule is O=C(Nc1ccc2c(c1)OCCO2)Nc1cc(N2CCN(Cc3ccccc3)CC2)ncn1. The van der Waals surface area contributed by atoms with Gasteiger partial charge in [0.05, 0.1) is 0 Å². The molecule has 33 heavy (non-hydrogen) atoms. The van der Waals surface area contributed by atoms with Crippen molar-refractivity contribution in [1.29, 1.82) is 0 Å². The highest BCUT2D eigenvalue weighted by Crippen LogP contribution is 2.32. The number of amides is 2. The van der Waals surface area contributed by atoms with Crippen LogP contribution in [0.5, 0.6) is 11.5 Å². The number of fused-ring (bicyclic) bond motifs is 1. The predicted octanol–water partition coefficient (Wildman–Crippen LogP) is 3.21. The second-order valence-electron chi connectivity index (χ2n) is 7.95. The molecule has 2 aliphatic rings. The molecule has 0 atom stereocenters. The molecule has 0 spiro atoms. The molecular weight excluding hydrogens is 420 g/mol. The standard InChI is InChI=1S/C24H26N6O3/c31-24(27-19-6-7-20-21(14-19)33-13-12-32-20)28-22-15-23(26-17-25-22)30-10-8-29(9-11-30)16-18-4-2-1-3-5-18/h1-7,14-15,17H,8-13,16H2,(H2,25,26,27,28,31). The first-order chi connectivity index (χ1) is 16.2. The summed E-state index contributed by atoms with van der Waals surface area (Å²) in [7, 11) is 0. The zero-order chi connectivity index (χ0) is 22.5. The van der Waals surface area contributed by atoms with Gasteiger partial charge in [0.25, 0.3) is 0 Å². The summed E-state index contributed by atoms with van der Waals surface area (Å²) in [4.78, 5) is 25.7. The summed E-state index contributed by atoms with van der Waals surface area (Å²) in [5, 5.41) is 5.58. The number of hydrogen-bond acceptors (Lipinski definition) is 7. The first kappa shape index (κ1) is 21.0. The van der Waals surface area contributed by atoms with E-state index in [0.717, 1.165) is 38.5 Å². The van der Waals surface area contributed by atoms with E-state index in [1.54, 1.807) is 24.3 Å². The lowest BCUT2D eigenvalue weighted by molar-refractivity contribution is 0.171. The topological polar surface area (TPSA) is 91.9 Å². The molecule has 9 nitrogen and oxygen atoms in total. The van der Waals surface area contributed by atoms with Crippen LogP contribution in [0, 0.1) is 0 Å². The first-order valence-corrected chi connectivity index (χ1v) is 11.0. The summed E-state index contributed by atoms with van der Waals surface area (Å²) in [5.74, 6) is 2.55. The van der Waals surface area contributed by atoms with Gasteiger partial charge in [0.2, 0.25) is 0 Å². The average molecular weight is 447 g/mol. The van der Waals surface area contributed by atoms with Gasteiger partial charge in [-0.2, -0.15) is 0 Å². The quantitative estimate of drug-likeness (QED) is 0.622. The Hall–Kier alpha value is -3.85. The minimum absolute atomic E-state index is 0.385. The number of benzene rings is 2. The zero-order valence-electron chi connectivity index (χ0n) is 18.2. The second kappa shape index (κ2) is 9.74. The number of piperazine rings is 1. The van der Waals surface area contributed by atoms with Gasteiger partial charge in [-0.3, -0.25) is 10.2 Å². The maximum Gasteiger partial charge on any atom is 0.324 e. The van der Waals surface area contributed by atoms with E-state index < -0.39 is 0 Å². The van der Waals surface area contributed by atoms with E-state index in [9.17, 15) is 4.79 Å². The molecule has 0 aliphatic carbocycles. The number of hydrogen-bond donors (Lipinski definition) is 2. The molecule has 3 aromatic rings. The summed E-state index contributed by atoms with van der Waals surface area (Å²) in [5.41, 5.74) is 1.93. The molecule has 2 amide bonds. The molecule has 0 bridgehead atoms. The first-order valence-electron chi connectivity index (χ1n) is 11.0. The minimum atomic E-state index is -0.385. The van der Waals surface area contributed by atoms with Crippen molar-refractivity contribution in [2.75, 3.05) is 54.9 Å². The molecule has 1 aromatic heterocycles.